The minimum Gasteiger partial charge on any atom is -0.444 e. The van der Waals surface area contributed by atoms with E-state index in [1.54, 1.807) is 12.1 Å². The van der Waals surface area contributed by atoms with Gasteiger partial charge < -0.3 is 9.73 Å². The quantitative estimate of drug-likeness (QED) is 0.892. The maximum atomic E-state index is 11.7. The summed E-state index contributed by atoms with van der Waals surface area (Å²) in [7, 11) is -2.89. The van der Waals surface area contributed by atoms with Crippen LogP contribution in [0, 0.1) is 0 Å². The molecule has 7 heteroatoms. The van der Waals surface area contributed by atoms with Crippen molar-refractivity contribution in [2.24, 2.45) is 0 Å². The number of sulfone groups is 1. The van der Waals surface area contributed by atoms with Crippen LogP contribution in [0.15, 0.2) is 21.2 Å². The fourth-order valence-corrected chi connectivity index (χ4v) is 3.53. The Morgan fingerprint density at radius 1 is 1.35 bits per heavy atom. The van der Waals surface area contributed by atoms with E-state index in [-0.39, 0.29) is 29.2 Å². The lowest BCUT2D eigenvalue weighted by Crippen LogP contribution is -2.40. The van der Waals surface area contributed by atoms with Crippen LogP contribution in [0.1, 0.15) is 23.4 Å². The van der Waals surface area contributed by atoms with Crippen LogP contribution in [0.2, 0.25) is 0 Å². The molecule has 0 saturated carbocycles. The van der Waals surface area contributed by atoms with Gasteiger partial charge in [0.05, 0.1) is 11.5 Å². The highest BCUT2D eigenvalue weighted by molar-refractivity contribution is 9.10. The standard InChI is InChI=1S/C10H12BrNO4S/c11-9-2-1-8(16-9)10(13)12-7-3-5-17(14,15)6-4-7/h1-2,7H,3-6H2,(H,12,13). The average molecular weight is 322 g/mol. The lowest BCUT2D eigenvalue weighted by molar-refractivity contribution is 0.0905. The van der Waals surface area contributed by atoms with E-state index >= 15 is 0 Å². The molecule has 1 aliphatic rings. The minimum atomic E-state index is -2.89. The van der Waals surface area contributed by atoms with Gasteiger partial charge >= 0.3 is 0 Å². The molecule has 1 saturated heterocycles. The van der Waals surface area contributed by atoms with Crippen LogP contribution in [-0.2, 0) is 9.84 Å². The molecule has 1 amide bonds. The zero-order chi connectivity index (χ0) is 12.5. The predicted molar refractivity (Wildman–Crippen MR) is 65.6 cm³/mol. The zero-order valence-electron chi connectivity index (χ0n) is 8.98. The highest BCUT2D eigenvalue weighted by Crippen LogP contribution is 2.16. The summed E-state index contributed by atoms with van der Waals surface area (Å²) in [5.41, 5.74) is 0. The van der Waals surface area contributed by atoms with Gasteiger partial charge in [-0.05, 0) is 40.9 Å². The molecule has 2 rings (SSSR count). The van der Waals surface area contributed by atoms with Gasteiger partial charge in [0.25, 0.3) is 5.91 Å². The van der Waals surface area contributed by atoms with E-state index < -0.39 is 9.84 Å². The molecule has 5 nitrogen and oxygen atoms in total. The van der Waals surface area contributed by atoms with E-state index in [4.69, 9.17) is 4.42 Å². The van der Waals surface area contributed by atoms with E-state index in [0.29, 0.717) is 17.5 Å². The average Bonchev–Trinajstić information content (AvgIpc) is 2.68. The predicted octanol–water partition coefficient (Wildman–Crippen LogP) is 1.35. The number of rotatable bonds is 2. The third kappa shape index (κ3) is 3.32. The highest BCUT2D eigenvalue weighted by atomic mass is 79.9. The van der Waals surface area contributed by atoms with Gasteiger partial charge in [0.2, 0.25) is 0 Å². The van der Waals surface area contributed by atoms with E-state index in [9.17, 15) is 13.2 Å². The van der Waals surface area contributed by atoms with Gasteiger partial charge in [0.15, 0.2) is 10.4 Å². The fourth-order valence-electron chi connectivity index (χ4n) is 1.73. The maximum absolute atomic E-state index is 11.7. The summed E-state index contributed by atoms with van der Waals surface area (Å²) in [6.45, 7) is 0. The van der Waals surface area contributed by atoms with Crippen LogP contribution in [0.25, 0.3) is 0 Å². The van der Waals surface area contributed by atoms with Crippen LogP contribution in [0.4, 0.5) is 0 Å². The van der Waals surface area contributed by atoms with Crippen molar-refractivity contribution in [3.05, 3.63) is 22.6 Å². The molecule has 1 aromatic heterocycles. The van der Waals surface area contributed by atoms with Crippen LogP contribution >= 0.6 is 15.9 Å². The van der Waals surface area contributed by atoms with E-state index in [0.717, 1.165) is 0 Å². The van der Waals surface area contributed by atoms with Crippen LogP contribution < -0.4 is 5.32 Å². The van der Waals surface area contributed by atoms with Gasteiger partial charge in [-0.2, -0.15) is 0 Å². The van der Waals surface area contributed by atoms with Crippen molar-refractivity contribution in [3.8, 4) is 0 Å². The Labute approximate surface area is 108 Å². The smallest absolute Gasteiger partial charge is 0.287 e. The third-order valence-corrected chi connectivity index (χ3v) is 4.83. The molecular weight excluding hydrogens is 310 g/mol. The van der Waals surface area contributed by atoms with Crippen molar-refractivity contribution in [1.82, 2.24) is 5.32 Å². The van der Waals surface area contributed by atoms with Crippen molar-refractivity contribution in [2.45, 2.75) is 18.9 Å². The molecule has 1 N–H and O–H groups in total. The highest BCUT2D eigenvalue weighted by Gasteiger charge is 2.25. The van der Waals surface area contributed by atoms with Crippen LogP contribution in [-0.4, -0.2) is 31.9 Å². The van der Waals surface area contributed by atoms with E-state index in [2.05, 4.69) is 21.2 Å². The second-order valence-corrected chi connectivity index (χ2v) is 7.09. The lowest BCUT2D eigenvalue weighted by Gasteiger charge is -2.22. The first kappa shape index (κ1) is 12.6. The first-order chi connectivity index (χ1) is 7.96. The summed E-state index contributed by atoms with van der Waals surface area (Å²) in [5.74, 6) is 0.199. The van der Waals surface area contributed by atoms with Gasteiger partial charge in [0.1, 0.15) is 9.84 Å². The Hall–Kier alpha value is -0.820. The minimum absolute atomic E-state index is 0.0881. The second-order valence-electron chi connectivity index (χ2n) is 4.00. The van der Waals surface area contributed by atoms with Crippen molar-refractivity contribution in [3.63, 3.8) is 0 Å². The number of carbonyl (C=O) groups excluding carboxylic acids is 1. The summed E-state index contributed by atoms with van der Waals surface area (Å²) >= 11 is 3.11. The van der Waals surface area contributed by atoms with Crippen LogP contribution in [0.5, 0.6) is 0 Å². The zero-order valence-corrected chi connectivity index (χ0v) is 11.4. The first-order valence-electron chi connectivity index (χ1n) is 5.23. The summed E-state index contributed by atoms with van der Waals surface area (Å²) in [4.78, 5) is 11.7. The van der Waals surface area contributed by atoms with Crippen LogP contribution in [0.3, 0.4) is 0 Å². The molecule has 17 heavy (non-hydrogen) atoms. The molecule has 0 aromatic carbocycles. The molecule has 0 bridgehead atoms. The number of hydrogen-bond donors (Lipinski definition) is 1. The van der Waals surface area contributed by atoms with Crippen molar-refractivity contribution < 1.29 is 17.6 Å². The molecule has 1 aliphatic heterocycles. The molecule has 2 heterocycles. The Morgan fingerprint density at radius 3 is 2.53 bits per heavy atom. The molecule has 0 atom stereocenters. The molecule has 1 aromatic rings. The Bertz CT molecular complexity index is 508. The summed E-state index contributed by atoms with van der Waals surface area (Å²) in [6.07, 6.45) is 0.936. The van der Waals surface area contributed by atoms with Gasteiger partial charge in [-0.25, -0.2) is 8.42 Å². The van der Waals surface area contributed by atoms with E-state index in [1.807, 2.05) is 0 Å². The number of hydrogen-bond acceptors (Lipinski definition) is 4. The molecule has 1 fully saturated rings. The molecule has 0 aliphatic carbocycles. The fraction of sp³-hybridized carbons (Fsp3) is 0.500. The first-order valence-corrected chi connectivity index (χ1v) is 7.84. The lowest BCUT2D eigenvalue weighted by atomic mass is 10.1. The number of carbonyl (C=O) groups is 1. The van der Waals surface area contributed by atoms with Crippen molar-refractivity contribution in [2.75, 3.05) is 11.5 Å². The Kier molecular flexibility index (Phi) is 3.58. The Balaban J connectivity index is 1.92. The van der Waals surface area contributed by atoms with Crippen molar-refractivity contribution >= 4 is 31.7 Å². The number of nitrogens with one attached hydrogen (secondary N) is 1. The number of amides is 1. The van der Waals surface area contributed by atoms with Gasteiger partial charge in [0, 0.05) is 6.04 Å². The SMILES string of the molecule is O=C(NC1CCS(=O)(=O)CC1)c1ccc(Br)o1. The molecule has 0 unspecified atom stereocenters. The topological polar surface area (TPSA) is 76.4 Å². The van der Waals surface area contributed by atoms with Crippen molar-refractivity contribution in [1.29, 1.82) is 0 Å². The number of furan rings is 1. The van der Waals surface area contributed by atoms with Gasteiger partial charge in [-0.1, -0.05) is 0 Å². The molecular formula is C10H12BrNO4S. The summed E-state index contributed by atoms with van der Waals surface area (Å²) in [5, 5.41) is 2.77. The molecule has 0 radical (unpaired) electrons. The maximum Gasteiger partial charge on any atom is 0.287 e. The monoisotopic (exact) mass is 321 g/mol. The molecule has 94 valence electrons. The van der Waals surface area contributed by atoms with E-state index in [1.165, 1.54) is 0 Å². The largest absolute Gasteiger partial charge is 0.444 e. The van der Waals surface area contributed by atoms with Gasteiger partial charge in [-0.3, -0.25) is 4.79 Å². The summed E-state index contributed by atoms with van der Waals surface area (Å²) < 4.78 is 28.0. The van der Waals surface area contributed by atoms with Gasteiger partial charge in [-0.15, -0.1) is 0 Å². The third-order valence-electron chi connectivity index (χ3n) is 2.69. The normalized spacial score (nSPS) is 20.1. The number of halogens is 1. The second kappa shape index (κ2) is 4.81. The molecule has 0 spiro atoms. The Morgan fingerprint density at radius 2 is 2.00 bits per heavy atom. The summed E-state index contributed by atoms with van der Waals surface area (Å²) in [6, 6.07) is 3.12.